The molecule has 1 saturated carbocycles. The number of fused-ring (bicyclic) bond motifs is 1. The van der Waals surface area contributed by atoms with E-state index in [1.165, 1.54) is 24.8 Å². The molecule has 0 radical (unpaired) electrons. The van der Waals surface area contributed by atoms with Gasteiger partial charge < -0.3 is 10.2 Å². The fraction of sp³-hybridized carbons (Fsp3) is 0.667. The van der Waals surface area contributed by atoms with Gasteiger partial charge in [-0.15, -0.1) is 0 Å². The predicted octanol–water partition coefficient (Wildman–Crippen LogP) is 3.60. The Kier molecular flexibility index (Phi) is 3.96. The minimum atomic E-state index is -0.116. The summed E-state index contributed by atoms with van der Waals surface area (Å²) in [6.45, 7) is 6.83. The molecule has 0 amide bonds. The number of nitrogens with one attached hydrogen (secondary N) is 1. The largest absolute Gasteiger partial charge is 0.371 e. The second-order valence-electron chi connectivity index (χ2n) is 7.38. The lowest BCUT2D eigenvalue weighted by Gasteiger charge is -2.45. The van der Waals surface area contributed by atoms with E-state index < -0.39 is 0 Å². The first-order valence-corrected chi connectivity index (χ1v) is 8.22. The molecule has 2 atom stereocenters. The summed E-state index contributed by atoms with van der Waals surface area (Å²) in [6.07, 6.45) is 4.92. The molecular weight excluding hydrogens is 263 g/mol. The molecule has 1 aliphatic heterocycles. The van der Waals surface area contributed by atoms with E-state index in [9.17, 15) is 4.39 Å². The normalized spacial score (nSPS) is 27.7. The minimum absolute atomic E-state index is 0.116. The number of nitrogens with zero attached hydrogens (tertiary/aromatic N) is 1. The summed E-state index contributed by atoms with van der Waals surface area (Å²) in [5.74, 6) is 0.530. The molecular formula is C18H27FN2. The van der Waals surface area contributed by atoms with Crippen LogP contribution in [0.5, 0.6) is 0 Å². The Balaban J connectivity index is 1.77. The van der Waals surface area contributed by atoms with Crippen molar-refractivity contribution in [3.63, 3.8) is 0 Å². The van der Waals surface area contributed by atoms with Gasteiger partial charge in [-0.2, -0.15) is 0 Å². The van der Waals surface area contributed by atoms with Gasteiger partial charge in [-0.05, 0) is 55.3 Å². The molecule has 2 nitrogen and oxygen atoms in total. The Hall–Kier alpha value is -1.09. The molecule has 2 unspecified atom stereocenters. The molecule has 21 heavy (non-hydrogen) atoms. The number of halogens is 1. The zero-order valence-electron chi connectivity index (χ0n) is 13.5. The molecule has 1 heterocycles. The highest BCUT2D eigenvalue weighted by Gasteiger charge is 2.39. The van der Waals surface area contributed by atoms with Crippen LogP contribution in [0.2, 0.25) is 0 Å². The first-order valence-electron chi connectivity index (χ1n) is 8.22. The van der Waals surface area contributed by atoms with Crippen LogP contribution in [-0.4, -0.2) is 26.2 Å². The Morgan fingerprint density at radius 2 is 2.19 bits per heavy atom. The number of anilines is 1. The van der Waals surface area contributed by atoms with Gasteiger partial charge in [0.2, 0.25) is 0 Å². The van der Waals surface area contributed by atoms with E-state index in [0.29, 0.717) is 17.4 Å². The predicted molar refractivity (Wildman–Crippen MR) is 86.3 cm³/mol. The quantitative estimate of drug-likeness (QED) is 0.915. The second kappa shape index (κ2) is 5.60. The van der Waals surface area contributed by atoms with E-state index in [1.54, 1.807) is 12.1 Å². The summed E-state index contributed by atoms with van der Waals surface area (Å²) in [5.41, 5.74) is 2.77. The molecule has 2 aliphatic rings. The van der Waals surface area contributed by atoms with E-state index >= 15 is 0 Å². The van der Waals surface area contributed by atoms with E-state index in [4.69, 9.17) is 0 Å². The zero-order chi connectivity index (χ0) is 15.0. The smallest absolute Gasteiger partial charge is 0.125 e. The van der Waals surface area contributed by atoms with Gasteiger partial charge >= 0.3 is 0 Å². The van der Waals surface area contributed by atoms with Gasteiger partial charge in [-0.3, -0.25) is 0 Å². The van der Waals surface area contributed by atoms with Crippen molar-refractivity contribution >= 4 is 5.69 Å². The monoisotopic (exact) mass is 290 g/mol. The van der Waals surface area contributed by atoms with E-state index in [2.05, 4.69) is 31.1 Å². The van der Waals surface area contributed by atoms with Gasteiger partial charge in [0.25, 0.3) is 0 Å². The van der Waals surface area contributed by atoms with Gasteiger partial charge in [-0.25, -0.2) is 4.39 Å². The molecule has 0 bridgehead atoms. The number of hydrogen-bond donors (Lipinski definition) is 1. The van der Waals surface area contributed by atoms with Crippen molar-refractivity contribution in [2.45, 2.75) is 45.6 Å². The van der Waals surface area contributed by atoms with Crippen LogP contribution in [0.4, 0.5) is 10.1 Å². The molecule has 1 aliphatic carbocycles. The van der Waals surface area contributed by atoms with Crippen LogP contribution in [0, 0.1) is 17.2 Å². The lowest BCUT2D eigenvalue weighted by Crippen LogP contribution is -2.51. The summed E-state index contributed by atoms with van der Waals surface area (Å²) in [7, 11) is 2.09. The fourth-order valence-corrected chi connectivity index (χ4v) is 4.49. The molecule has 1 aromatic carbocycles. The number of hydrogen-bond acceptors (Lipinski definition) is 2. The van der Waals surface area contributed by atoms with Crippen LogP contribution >= 0.6 is 0 Å². The average Bonchev–Trinajstić information content (AvgIpc) is 2.81. The van der Waals surface area contributed by atoms with Crippen LogP contribution in [0.1, 0.15) is 38.7 Å². The van der Waals surface area contributed by atoms with Gasteiger partial charge in [0.15, 0.2) is 0 Å². The Morgan fingerprint density at radius 1 is 1.38 bits per heavy atom. The summed E-state index contributed by atoms with van der Waals surface area (Å²) >= 11 is 0. The highest BCUT2D eigenvalue weighted by atomic mass is 19.1. The minimum Gasteiger partial charge on any atom is -0.371 e. The topological polar surface area (TPSA) is 15.3 Å². The molecule has 3 rings (SSSR count). The zero-order valence-corrected chi connectivity index (χ0v) is 13.5. The van der Waals surface area contributed by atoms with Gasteiger partial charge in [0.05, 0.1) is 0 Å². The lowest BCUT2D eigenvalue weighted by atomic mass is 9.68. The second-order valence-corrected chi connectivity index (χ2v) is 7.38. The summed E-state index contributed by atoms with van der Waals surface area (Å²) in [4.78, 5) is 2.40. The summed E-state index contributed by atoms with van der Waals surface area (Å²) in [5, 5.41) is 3.55. The van der Waals surface area contributed by atoms with Crippen LogP contribution < -0.4 is 10.2 Å². The summed E-state index contributed by atoms with van der Waals surface area (Å²) in [6, 6.07) is 5.79. The van der Waals surface area contributed by atoms with Gasteiger partial charge in [0, 0.05) is 24.8 Å². The van der Waals surface area contributed by atoms with Crippen molar-refractivity contribution in [1.29, 1.82) is 0 Å². The maximum atomic E-state index is 13.5. The third-order valence-electron chi connectivity index (χ3n) is 5.51. The SMILES string of the molecule is CNC1C(CN2CCc3ccc(F)cc32)CCCC1(C)C. The van der Waals surface area contributed by atoms with E-state index in [1.807, 2.05) is 6.07 Å². The molecule has 0 aromatic heterocycles. The van der Waals surface area contributed by atoms with Gasteiger partial charge in [0.1, 0.15) is 5.82 Å². The molecule has 1 aromatic rings. The van der Waals surface area contributed by atoms with Crippen molar-refractivity contribution in [3.05, 3.63) is 29.6 Å². The van der Waals surface area contributed by atoms with Crippen molar-refractivity contribution in [2.75, 3.05) is 25.0 Å². The van der Waals surface area contributed by atoms with Crippen LogP contribution in [-0.2, 0) is 6.42 Å². The third-order valence-corrected chi connectivity index (χ3v) is 5.51. The molecule has 1 fully saturated rings. The molecule has 0 saturated heterocycles. The first-order chi connectivity index (χ1) is 10.0. The fourth-order valence-electron chi connectivity index (χ4n) is 4.49. The molecule has 0 spiro atoms. The average molecular weight is 290 g/mol. The van der Waals surface area contributed by atoms with Crippen molar-refractivity contribution in [3.8, 4) is 0 Å². The highest BCUT2D eigenvalue weighted by Crippen LogP contribution is 2.40. The van der Waals surface area contributed by atoms with E-state index in [0.717, 1.165) is 25.2 Å². The van der Waals surface area contributed by atoms with Crippen molar-refractivity contribution in [1.82, 2.24) is 5.32 Å². The van der Waals surface area contributed by atoms with Crippen molar-refractivity contribution in [2.24, 2.45) is 11.3 Å². The number of rotatable bonds is 3. The first kappa shape index (κ1) is 14.8. The summed E-state index contributed by atoms with van der Waals surface area (Å²) < 4.78 is 13.5. The van der Waals surface area contributed by atoms with Crippen LogP contribution in [0.15, 0.2) is 18.2 Å². The van der Waals surface area contributed by atoms with E-state index in [-0.39, 0.29) is 5.82 Å². The molecule has 116 valence electrons. The third kappa shape index (κ3) is 2.80. The van der Waals surface area contributed by atoms with Gasteiger partial charge in [-0.1, -0.05) is 26.3 Å². The maximum absolute atomic E-state index is 13.5. The van der Waals surface area contributed by atoms with Crippen LogP contribution in [0.3, 0.4) is 0 Å². The maximum Gasteiger partial charge on any atom is 0.125 e. The number of benzene rings is 1. The standard InChI is InChI=1S/C18H27FN2/c1-18(2)9-4-5-14(17(18)20-3)12-21-10-8-13-6-7-15(19)11-16(13)21/h6-7,11,14,17,20H,4-5,8-10,12H2,1-3H3. The Morgan fingerprint density at radius 3 is 2.95 bits per heavy atom. The molecule has 1 N–H and O–H groups in total. The Bertz CT molecular complexity index is 512. The lowest BCUT2D eigenvalue weighted by molar-refractivity contribution is 0.118. The molecule has 3 heteroatoms. The van der Waals surface area contributed by atoms with Crippen LogP contribution in [0.25, 0.3) is 0 Å². The van der Waals surface area contributed by atoms with Crippen molar-refractivity contribution < 1.29 is 4.39 Å². The highest BCUT2D eigenvalue weighted by molar-refractivity contribution is 5.58. The Labute approximate surface area is 127 Å².